The van der Waals surface area contributed by atoms with Crippen molar-refractivity contribution in [2.45, 2.75) is 38.8 Å². The van der Waals surface area contributed by atoms with E-state index in [0.717, 1.165) is 31.6 Å². The van der Waals surface area contributed by atoms with Gasteiger partial charge in [0.2, 0.25) is 0 Å². The molecule has 2 aromatic heterocycles. The van der Waals surface area contributed by atoms with E-state index in [9.17, 15) is 19.7 Å². The molecule has 0 bridgehead atoms. The monoisotopic (exact) mass is 411 g/mol. The smallest absolute Gasteiger partial charge is 0.345 e. The maximum absolute atomic E-state index is 12.3. The van der Waals surface area contributed by atoms with E-state index in [-0.39, 0.29) is 17.3 Å². The number of nitrogens with zero attached hydrogens (tertiary/aromatic N) is 6. The van der Waals surface area contributed by atoms with Gasteiger partial charge in [-0.25, -0.2) is 14.2 Å². The lowest BCUT2D eigenvalue weighted by Gasteiger charge is -2.09. The number of non-ortho nitro benzene ring substituents is 1. The molecule has 0 saturated heterocycles. The number of nitro benzene ring substituents is 1. The molecule has 0 aliphatic carbocycles. The van der Waals surface area contributed by atoms with Gasteiger partial charge in [0, 0.05) is 44.4 Å². The zero-order valence-corrected chi connectivity index (χ0v) is 16.2. The number of nitrogens with one attached hydrogen (secondary N) is 1. The molecular weight excluding hydrogens is 390 g/mol. The van der Waals surface area contributed by atoms with Gasteiger partial charge in [0.1, 0.15) is 5.82 Å². The van der Waals surface area contributed by atoms with Gasteiger partial charge in [-0.1, -0.05) is 0 Å². The molecule has 0 atom stereocenters. The highest BCUT2D eigenvalue weighted by Crippen LogP contribution is 2.15. The van der Waals surface area contributed by atoms with Crippen LogP contribution in [0.4, 0.5) is 5.69 Å². The normalized spacial score (nSPS) is 13.1. The van der Waals surface area contributed by atoms with Crippen molar-refractivity contribution in [3.05, 3.63) is 68.6 Å². The number of rotatable bonds is 7. The first-order valence-electron chi connectivity index (χ1n) is 9.77. The molecule has 0 spiro atoms. The van der Waals surface area contributed by atoms with Gasteiger partial charge in [0.15, 0.2) is 0 Å². The Hall–Kier alpha value is -3.76. The van der Waals surface area contributed by atoms with Crippen LogP contribution < -0.4 is 11.0 Å². The number of carbonyl (C=O) groups excluding carboxylic acids is 1. The van der Waals surface area contributed by atoms with Crippen LogP contribution in [-0.2, 0) is 19.5 Å². The maximum atomic E-state index is 12.3. The van der Waals surface area contributed by atoms with E-state index < -0.39 is 4.92 Å². The summed E-state index contributed by atoms with van der Waals surface area (Å²) in [4.78, 5) is 34.9. The standard InChI is InChI=1S/C19H21N7O4/c27-18(14-12-21-25(13-14)15-5-7-16(8-6-15)26(29)30)20-9-3-11-24-19(28)23-10-2-1-4-17(23)22-24/h5-8,12-13H,1-4,9-11H2,(H,20,27). The molecule has 0 radical (unpaired) electrons. The van der Waals surface area contributed by atoms with Crippen molar-refractivity contribution in [2.75, 3.05) is 6.54 Å². The fourth-order valence-electron chi connectivity index (χ4n) is 3.44. The molecule has 0 saturated carbocycles. The second-order valence-corrected chi connectivity index (χ2v) is 7.09. The van der Waals surface area contributed by atoms with Crippen molar-refractivity contribution in [3.8, 4) is 5.69 Å². The first kappa shape index (κ1) is 19.6. The molecule has 0 unspecified atom stereocenters. The van der Waals surface area contributed by atoms with E-state index in [1.807, 2.05) is 0 Å². The molecule has 0 fully saturated rings. The van der Waals surface area contributed by atoms with Gasteiger partial charge >= 0.3 is 5.69 Å². The fraction of sp³-hybridized carbons (Fsp3) is 0.368. The molecule has 30 heavy (non-hydrogen) atoms. The Kier molecular flexibility index (Phi) is 5.42. The molecule has 11 heteroatoms. The van der Waals surface area contributed by atoms with E-state index in [4.69, 9.17) is 0 Å². The van der Waals surface area contributed by atoms with E-state index >= 15 is 0 Å². The Balaban J connectivity index is 1.30. The number of amides is 1. The van der Waals surface area contributed by atoms with Crippen LogP contribution in [0, 0.1) is 10.1 Å². The predicted octanol–water partition coefficient (Wildman–Crippen LogP) is 1.30. The average molecular weight is 411 g/mol. The maximum Gasteiger partial charge on any atom is 0.345 e. The topological polar surface area (TPSA) is 130 Å². The first-order valence-corrected chi connectivity index (χ1v) is 9.77. The Labute approximate surface area is 171 Å². The number of aromatic nitrogens is 5. The van der Waals surface area contributed by atoms with Crippen molar-refractivity contribution in [3.63, 3.8) is 0 Å². The molecule has 156 valence electrons. The molecule has 1 N–H and O–H groups in total. The minimum Gasteiger partial charge on any atom is -0.352 e. The summed E-state index contributed by atoms with van der Waals surface area (Å²) in [6.45, 7) is 1.57. The zero-order chi connectivity index (χ0) is 21.1. The molecule has 3 heterocycles. The minimum atomic E-state index is -0.474. The van der Waals surface area contributed by atoms with Crippen molar-refractivity contribution in [1.82, 2.24) is 29.4 Å². The molecule has 1 aliphatic heterocycles. The highest BCUT2D eigenvalue weighted by atomic mass is 16.6. The van der Waals surface area contributed by atoms with Gasteiger partial charge in [-0.05, 0) is 31.4 Å². The predicted molar refractivity (Wildman–Crippen MR) is 107 cm³/mol. The molecule has 3 aromatic rings. The van der Waals surface area contributed by atoms with Crippen molar-refractivity contribution >= 4 is 11.6 Å². The van der Waals surface area contributed by atoms with Crippen molar-refractivity contribution < 1.29 is 9.72 Å². The van der Waals surface area contributed by atoms with E-state index in [2.05, 4.69) is 15.5 Å². The van der Waals surface area contributed by atoms with Gasteiger partial charge in [-0.3, -0.25) is 19.5 Å². The Morgan fingerprint density at radius 1 is 1.23 bits per heavy atom. The van der Waals surface area contributed by atoms with Crippen molar-refractivity contribution in [1.29, 1.82) is 0 Å². The van der Waals surface area contributed by atoms with E-state index in [1.165, 1.54) is 27.7 Å². The second-order valence-electron chi connectivity index (χ2n) is 7.09. The Morgan fingerprint density at radius 3 is 2.77 bits per heavy atom. The van der Waals surface area contributed by atoms with Gasteiger partial charge in [-0.2, -0.15) is 10.2 Å². The SMILES string of the molecule is O=C(NCCCn1nc2n(c1=O)CCCC2)c1cnn(-c2ccc([N+](=O)[O-])cc2)c1. The summed E-state index contributed by atoms with van der Waals surface area (Å²) < 4.78 is 4.68. The number of aryl methyl sites for hydroxylation is 2. The lowest BCUT2D eigenvalue weighted by atomic mass is 10.2. The van der Waals surface area contributed by atoms with Crippen molar-refractivity contribution in [2.24, 2.45) is 0 Å². The van der Waals surface area contributed by atoms with Crippen LogP contribution in [0.25, 0.3) is 5.69 Å². The molecular formula is C19H21N7O4. The van der Waals surface area contributed by atoms with Gasteiger partial charge < -0.3 is 5.32 Å². The quantitative estimate of drug-likeness (QED) is 0.354. The molecule has 11 nitrogen and oxygen atoms in total. The number of benzene rings is 1. The number of nitro groups is 1. The molecule has 1 aliphatic rings. The highest BCUT2D eigenvalue weighted by Gasteiger charge is 2.16. The number of fused-ring (bicyclic) bond motifs is 1. The minimum absolute atomic E-state index is 0.0125. The summed E-state index contributed by atoms with van der Waals surface area (Å²) in [5.74, 6) is 0.564. The number of hydrogen-bond donors (Lipinski definition) is 1. The summed E-state index contributed by atoms with van der Waals surface area (Å²) in [6, 6.07) is 5.89. The van der Waals surface area contributed by atoms with Crippen LogP contribution in [-0.4, -0.2) is 41.5 Å². The Bertz CT molecular complexity index is 1130. The van der Waals surface area contributed by atoms with Crippen LogP contribution in [0.5, 0.6) is 0 Å². The summed E-state index contributed by atoms with van der Waals surface area (Å²) >= 11 is 0. The highest BCUT2D eigenvalue weighted by molar-refractivity contribution is 5.93. The second kappa shape index (κ2) is 8.31. The molecule has 1 aromatic carbocycles. The first-order chi connectivity index (χ1) is 14.5. The van der Waals surface area contributed by atoms with Gasteiger partial charge in [0.05, 0.1) is 22.4 Å². The van der Waals surface area contributed by atoms with Gasteiger partial charge in [-0.15, -0.1) is 0 Å². The van der Waals surface area contributed by atoms with E-state index in [1.54, 1.807) is 22.9 Å². The lowest BCUT2D eigenvalue weighted by Crippen LogP contribution is -2.29. The Morgan fingerprint density at radius 2 is 2.03 bits per heavy atom. The summed E-state index contributed by atoms with van der Waals surface area (Å²) in [6.07, 6.45) is 6.47. The third kappa shape index (κ3) is 4.00. The lowest BCUT2D eigenvalue weighted by molar-refractivity contribution is -0.384. The van der Waals surface area contributed by atoms with Crippen LogP contribution in [0.2, 0.25) is 0 Å². The zero-order valence-electron chi connectivity index (χ0n) is 16.2. The van der Waals surface area contributed by atoms with Gasteiger partial charge in [0.25, 0.3) is 11.6 Å². The largest absolute Gasteiger partial charge is 0.352 e. The van der Waals surface area contributed by atoms with Crippen LogP contribution >= 0.6 is 0 Å². The van der Waals surface area contributed by atoms with Crippen LogP contribution in [0.1, 0.15) is 35.4 Å². The summed E-state index contributed by atoms with van der Waals surface area (Å²) in [5.41, 5.74) is 0.896. The fourth-order valence-corrected chi connectivity index (χ4v) is 3.44. The summed E-state index contributed by atoms with van der Waals surface area (Å²) in [7, 11) is 0. The summed E-state index contributed by atoms with van der Waals surface area (Å²) in [5, 5.41) is 22.1. The molecule has 1 amide bonds. The van der Waals surface area contributed by atoms with Crippen LogP contribution in [0.15, 0.2) is 41.5 Å². The van der Waals surface area contributed by atoms with E-state index in [0.29, 0.717) is 30.8 Å². The number of carbonyl (C=O) groups is 1. The molecule has 4 rings (SSSR count). The average Bonchev–Trinajstić information content (AvgIpc) is 3.37. The van der Waals surface area contributed by atoms with Crippen LogP contribution in [0.3, 0.4) is 0 Å². The third-order valence-corrected chi connectivity index (χ3v) is 5.03. The number of hydrogen-bond acceptors (Lipinski definition) is 6. The third-order valence-electron chi connectivity index (χ3n) is 5.03.